The third-order valence-electron chi connectivity index (χ3n) is 3.62. The van der Waals surface area contributed by atoms with E-state index in [0.29, 0.717) is 27.5 Å². The summed E-state index contributed by atoms with van der Waals surface area (Å²) >= 11 is 6.18. The minimum absolute atomic E-state index is 0.0104. The van der Waals surface area contributed by atoms with Crippen molar-refractivity contribution in [2.75, 3.05) is 0 Å². The first-order valence-corrected chi connectivity index (χ1v) is 6.90. The predicted molar refractivity (Wildman–Crippen MR) is 81.3 cm³/mol. The van der Waals surface area contributed by atoms with Gasteiger partial charge in [-0.3, -0.25) is 4.79 Å². The van der Waals surface area contributed by atoms with Crippen molar-refractivity contribution in [2.24, 2.45) is 0 Å². The molecule has 1 aromatic heterocycles. The number of carbonyl (C=O) groups is 1. The Kier molecular flexibility index (Phi) is 2.62. The van der Waals surface area contributed by atoms with Crippen molar-refractivity contribution in [2.45, 2.75) is 0 Å². The molecule has 4 heteroatoms. The van der Waals surface area contributed by atoms with Gasteiger partial charge in [0.25, 0.3) is 0 Å². The molecule has 0 atom stereocenters. The van der Waals surface area contributed by atoms with E-state index in [1.165, 1.54) is 0 Å². The minimum atomic E-state index is -0.0104. The number of aromatic nitrogens is 2. The first kappa shape index (κ1) is 12.2. The molecule has 3 aromatic rings. The van der Waals surface area contributed by atoms with Crippen molar-refractivity contribution < 1.29 is 4.79 Å². The summed E-state index contributed by atoms with van der Waals surface area (Å²) in [4.78, 5) is 12.5. The van der Waals surface area contributed by atoms with Gasteiger partial charge < -0.3 is 0 Å². The molecule has 0 unspecified atom stereocenters. The molecule has 0 aliphatic heterocycles. The minimum Gasteiger partial charge on any atom is -0.289 e. The van der Waals surface area contributed by atoms with Gasteiger partial charge in [0.2, 0.25) is 0 Å². The third kappa shape index (κ3) is 1.78. The van der Waals surface area contributed by atoms with Crippen LogP contribution in [0.1, 0.15) is 15.9 Å². The van der Waals surface area contributed by atoms with Gasteiger partial charge in [0.1, 0.15) is 5.69 Å². The molecule has 0 N–H and O–H groups in total. The largest absolute Gasteiger partial charge is 0.289 e. The number of halogens is 1. The number of ketones is 1. The number of benzene rings is 2. The van der Waals surface area contributed by atoms with Gasteiger partial charge in [0, 0.05) is 16.7 Å². The second kappa shape index (κ2) is 4.50. The van der Waals surface area contributed by atoms with Crippen molar-refractivity contribution >= 4 is 17.4 Å². The standard InChI is InChI=1S/C17H9ClN2O/c18-14-8-4-3-7-12(14)15-9-13-16(20-19-15)10-5-1-2-6-11(10)17(13)21/h1-9H. The van der Waals surface area contributed by atoms with Crippen LogP contribution in [0.4, 0.5) is 0 Å². The van der Waals surface area contributed by atoms with Gasteiger partial charge >= 0.3 is 0 Å². The average Bonchev–Trinajstić information content (AvgIpc) is 2.81. The van der Waals surface area contributed by atoms with Crippen molar-refractivity contribution in [3.8, 4) is 22.5 Å². The Labute approximate surface area is 126 Å². The van der Waals surface area contributed by atoms with E-state index in [9.17, 15) is 4.79 Å². The summed E-state index contributed by atoms with van der Waals surface area (Å²) in [5.41, 5.74) is 4.14. The molecule has 1 aliphatic carbocycles. The van der Waals surface area contributed by atoms with Gasteiger partial charge in [-0.05, 0) is 12.1 Å². The molecule has 1 heterocycles. The van der Waals surface area contributed by atoms with E-state index in [0.717, 1.165) is 11.1 Å². The highest BCUT2D eigenvalue weighted by molar-refractivity contribution is 6.33. The summed E-state index contributed by atoms with van der Waals surface area (Å²) in [6, 6.07) is 16.6. The molecule has 0 saturated carbocycles. The van der Waals surface area contributed by atoms with Gasteiger partial charge in [0.15, 0.2) is 5.78 Å². The zero-order valence-corrected chi connectivity index (χ0v) is 11.6. The zero-order chi connectivity index (χ0) is 14.4. The molecule has 4 rings (SSSR count). The van der Waals surface area contributed by atoms with E-state index in [2.05, 4.69) is 10.2 Å². The normalized spacial score (nSPS) is 12.1. The van der Waals surface area contributed by atoms with Crippen LogP contribution in [0.25, 0.3) is 22.5 Å². The molecule has 100 valence electrons. The summed E-state index contributed by atoms with van der Waals surface area (Å²) in [6.07, 6.45) is 0. The lowest BCUT2D eigenvalue weighted by Crippen LogP contribution is -1.98. The first-order valence-electron chi connectivity index (χ1n) is 6.52. The topological polar surface area (TPSA) is 42.9 Å². The number of rotatable bonds is 1. The number of fused-ring (bicyclic) bond motifs is 3. The first-order chi connectivity index (χ1) is 10.3. The molecule has 0 saturated heterocycles. The summed E-state index contributed by atoms with van der Waals surface area (Å²) in [5, 5.41) is 9.06. The molecule has 2 aromatic carbocycles. The van der Waals surface area contributed by atoms with Gasteiger partial charge in [-0.2, -0.15) is 0 Å². The summed E-state index contributed by atoms with van der Waals surface area (Å²) in [5.74, 6) is -0.0104. The molecule has 0 radical (unpaired) electrons. The molecule has 0 amide bonds. The highest BCUT2D eigenvalue weighted by Gasteiger charge is 2.28. The van der Waals surface area contributed by atoms with E-state index in [1.807, 2.05) is 42.5 Å². The molecular formula is C17H9ClN2O. The third-order valence-corrected chi connectivity index (χ3v) is 3.94. The van der Waals surface area contributed by atoms with Gasteiger partial charge in [-0.1, -0.05) is 54.1 Å². The highest BCUT2D eigenvalue weighted by atomic mass is 35.5. The van der Waals surface area contributed by atoms with Crippen LogP contribution in [0, 0.1) is 0 Å². The highest BCUT2D eigenvalue weighted by Crippen LogP contribution is 2.36. The lowest BCUT2D eigenvalue weighted by molar-refractivity contribution is 0.104. The zero-order valence-electron chi connectivity index (χ0n) is 10.9. The Bertz CT molecular complexity index is 889. The molecule has 1 aliphatic rings. The Morgan fingerprint density at radius 3 is 2.19 bits per heavy atom. The van der Waals surface area contributed by atoms with Crippen LogP contribution in [-0.4, -0.2) is 16.0 Å². The van der Waals surface area contributed by atoms with Crippen LogP contribution in [0.2, 0.25) is 5.02 Å². The second-order valence-corrected chi connectivity index (χ2v) is 5.25. The van der Waals surface area contributed by atoms with E-state index < -0.39 is 0 Å². The maximum absolute atomic E-state index is 12.5. The smallest absolute Gasteiger partial charge is 0.196 e. The van der Waals surface area contributed by atoms with Crippen molar-refractivity contribution in [1.29, 1.82) is 0 Å². The Hall–Kier alpha value is -2.52. The maximum atomic E-state index is 12.5. The van der Waals surface area contributed by atoms with Crippen LogP contribution in [0.5, 0.6) is 0 Å². The fourth-order valence-electron chi connectivity index (χ4n) is 2.60. The maximum Gasteiger partial charge on any atom is 0.196 e. The SMILES string of the molecule is O=C1c2ccccc2-c2nnc(-c3ccccc3Cl)cc21. The van der Waals surface area contributed by atoms with Gasteiger partial charge in [-0.25, -0.2) is 0 Å². The van der Waals surface area contributed by atoms with Gasteiger partial charge in [0.05, 0.1) is 16.3 Å². The van der Waals surface area contributed by atoms with E-state index in [1.54, 1.807) is 12.1 Å². The Morgan fingerprint density at radius 2 is 1.43 bits per heavy atom. The number of hydrogen-bond donors (Lipinski definition) is 0. The molecular weight excluding hydrogens is 284 g/mol. The lowest BCUT2D eigenvalue weighted by Gasteiger charge is -2.04. The van der Waals surface area contributed by atoms with Crippen LogP contribution < -0.4 is 0 Å². The number of nitrogens with zero attached hydrogens (tertiary/aromatic N) is 2. The average molecular weight is 293 g/mol. The summed E-state index contributed by atoms with van der Waals surface area (Å²) in [7, 11) is 0. The predicted octanol–water partition coefficient (Wildman–Crippen LogP) is 4.01. The molecule has 0 spiro atoms. The van der Waals surface area contributed by atoms with E-state index >= 15 is 0 Å². The fourth-order valence-corrected chi connectivity index (χ4v) is 2.83. The van der Waals surface area contributed by atoms with Crippen LogP contribution >= 0.6 is 11.6 Å². The number of hydrogen-bond acceptors (Lipinski definition) is 3. The monoisotopic (exact) mass is 292 g/mol. The summed E-state index contributed by atoms with van der Waals surface area (Å²) < 4.78 is 0. The van der Waals surface area contributed by atoms with E-state index in [4.69, 9.17) is 11.6 Å². The van der Waals surface area contributed by atoms with Gasteiger partial charge in [-0.15, -0.1) is 10.2 Å². The molecule has 0 bridgehead atoms. The number of carbonyl (C=O) groups excluding carboxylic acids is 1. The van der Waals surface area contributed by atoms with Crippen LogP contribution in [-0.2, 0) is 0 Å². The van der Waals surface area contributed by atoms with Crippen molar-refractivity contribution in [3.05, 3.63) is 70.7 Å². The van der Waals surface area contributed by atoms with Crippen molar-refractivity contribution in [1.82, 2.24) is 10.2 Å². The lowest BCUT2D eigenvalue weighted by atomic mass is 10.1. The van der Waals surface area contributed by atoms with E-state index in [-0.39, 0.29) is 5.78 Å². The molecule has 0 fully saturated rings. The fraction of sp³-hybridized carbons (Fsp3) is 0. The molecule has 21 heavy (non-hydrogen) atoms. The second-order valence-electron chi connectivity index (χ2n) is 4.85. The van der Waals surface area contributed by atoms with Crippen molar-refractivity contribution in [3.63, 3.8) is 0 Å². The van der Waals surface area contributed by atoms with Crippen LogP contribution in [0.15, 0.2) is 54.6 Å². The Morgan fingerprint density at radius 1 is 0.762 bits per heavy atom. The molecule has 3 nitrogen and oxygen atoms in total. The Balaban J connectivity index is 1.92. The summed E-state index contributed by atoms with van der Waals surface area (Å²) in [6.45, 7) is 0. The van der Waals surface area contributed by atoms with Crippen LogP contribution in [0.3, 0.4) is 0 Å². The quantitative estimate of drug-likeness (QED) is 0.532.